The second-order valence-electron chi connectivity index (χ2n) is 8.05. The van der Waals surface area contributed by atoms with Gasteiger partial charge in [0.2, 0.25) is 5.75 Å². The molecule has 0 aliphatic carbocycles. The van der Waals surface area contributed by atoms with Crippen molar-refractivity contribution in [3.8, 4) is 22.8 Å². The minimum atomic E-state index is -0.663. The van der Waals surface area contributed by atoms with E-state index < -0.39 is 16.4 Å². The number of rotatable bonds is 3. The highest BCUT2D eigenvalue weighted by molar-refractivity contribution is 5.80. The van der Waals surface area contributed by atoms with Crippen LogP contribution in [0.4, 0.5) is 17.1 Å². The van der Waals surface area contributed by atoms with Crippen molar-refractivity contribution in [2.75, 3.05) is 18.6 Å². The van der Waals surface area contributed by atoms with Crippen LogP contribution in [0.5, 0.6) is 11.5 Å². The number of ether oxygens (including phenoxy) is 1. The number of nitrogens with zero attached hydrogens (tertiary/aromatic N) is 3. The Bertz CT molecular complexity index is 1350. The molecular weight excluding hydrogens is 434 g/mol. The van der Waals surface area contributed by atoms with E-state index in [1.807, 2.05) is 52.0 Å². The predicted molar refractivity (Wildman–Crippen MR) is 134 cm³/mol. The summed E-state index contributed by atoms with van der Waals surface area (Å²) < 4.78 is 5.02. The Morgan fingerprint density at radius 2 is 1.41 bits per heavy atom. The molecule has 1 heterocycles. The van der Waals surface area contributed by atoms with Gasteiger partial charge < -0.3 is 21.3 Å². The van der Waals surface area contributed by atoms with Crippen LogP contribution in [0.2, 0.25) is 0 Å². The van der Waals surface area contributed by atoms with Crippen LogP contribution in [0.3, 0.4) is 0 Å². The number of methoxy groups -OCH3 is 1. The number of nitro groups is 1. The highest BCUT2D eigenvalue weighted by atomic mass is 16.6. The monoisotopic (exact) mass is 461 g/mol. The molecule has 0 bridgehead atoms. The number of aromatic hydroxyl groups is 1. The van der Waals surface area contributed by atoms with Crippen molar-refractivity contribution < 1.29 is 14.8 Å². The summed E-state index contributed by atoms with van der Waals surface area (Å²) in [6, 6.07) is 10.4. The molecule has 0 saturated carbocycles. The summed E-state index contributed by atoms with van der Waals surface area (Å²) in [6.45, 7) is 8.02. The van der Waals surface area contributed by atoms with E-state index in [0.717, 1.165) is 16.6 Å². The van der Waals surface area contributed by atoms with Crippen LogP contribution in [0.15, 0.2) is 42.6 Å². The maximum atomic E-state index is 11.1. The molecule has 0 radical (unpaired) electrons. The molecule has 1 aromatic heterocycles. The number of nitrogen functional groups attached to an aromatic ring is 2. The lowest BCUT2D eigenvalue weighted by Crippen LogP contribution is -1.96. The van der Waals surface area contributed by atoms with Crippen LogP contribution in [0.1, 0.15) is 22.3 Å². The van der Waals surface area contributed by atoms with Gasteiger partial charge in [0.15, 0.2) is 5.75 Å². The van der Waals surface area contributed by atoms with E-state index >= 15 is 0 Å². The predicted octanol–water partition coefficient (Wildman–Crippen LogP) is 5.00. The molecule has 9 nitrogen and oxygen atoms in total. The van der Waals surface area contributed by atoms with Crippen LogP contribution in [0, 0.1) is 37.8 Å². The Morgan fingerprint density at radius 1 is 0.882 bits per heavy atom. The zero-order valence-corrected chi connectivity index (χ0v) is 19.7. The molecule has 0 spiro atoms. The zero-order chi connectivity index (χ0) is 25.2. The van der Waals surface area contributed by atoms with Gasteiger partial charge in [-0.2, -0.15) is 0 Å². The first-order chi connectivity index (χ1) is 16.0. The lowest BCUT2D eigenvalue weighted by atomic mass is 10.1. The SMILES string of the molecule is COc1cc(-c2cnc3cc(C)c(C)cc3n2)cc([N+](=O)[O-])c1O.Cc1cc(N)c(N)cc1C. The summed E-state index contributed by atoms with van der Waals surface area (Å²) in [7, 11) is 1.33. The third-order valence-electron chi connectivity index (χ3n) is 5.62. The van der Waals surface area contributed by atoms with Gasteiger partial charge in [0.05, 0.1) is 46.3 Å². The fraction of sp³-hybridized carbons (Fsp3) is 0.200. The van der Waals surface area contributed by atoms with Gasteiger partial charge >= 0.3 is 5.69 Å². The third-order valence-corrected chi connectivity index (χ3v) is 5.62. The molecule has 0 aliphatic rings. The Kier molecular flexibility index (Phi) is 6.86. The number of hydrogen-bond donors (Lipinski definition) is 3. The maximum absolute atomic E-state index is 11.1. The number of phenols is 1. The summed E-state index contributed by atoms with van der Waals surface area (Å²) in [5, 5.41) is 21.0. The number of aromatic nitrogens is 2. The van der Waals surface area contributed by atoms with Gasteiger partial charge in [-0.05, 0) is 80.3 Å². The topological polar surface area (TPSA) is 150 Å². The van der Waals surface area contributed by atoms with Crippen LogP contribution < -0.4 is 16.2 Å². The molecule has 0 aliphatic heterocycles. The Balaban J connectivity index is 0.000000271. The van der Waals surface area contributed by atoms with E-state index in [1.54, 1.807) is 6.20 Å². The minimum absolute atomic E-state index is 0.0150. The van der Waals surface area contributed by atoms with Crippen molar-refractivity contribution in [1.82, 2.24) is 9.97 Å². The second kappa shape index (κ2) is 9.62. The summed E-state index contributed by atoms with van der Waals surface area (Å²) in [6.07, 6.45) is 1.55. The molecule has 34 heavy (non-hydrogen) atoms. The molecule has 9 heteroatoms. The third kappa shape index (κ3) is 4.98. The van der Waals surface area contributed by atoms with Crippen molar-refractivity contribution in [2.24, 2.45) is 0 Å². The first kappa shape index (κ1) is 24.2. The van der Waals surface area contributed by atoms with Crippen molar-refractivity contribution >= 4 is 28.1 Å². The molecule has 5 N–H and O–H groups in total. The van der Waals surface area contributed by atoms with E-state index in [-0.39, 0.29) is 5.75 Å². The van der Waals surface area contributed by atoms with Crippen molar-refractivity contribution in [3.05, 3.63) is 75.0 Å². The number of fused-ring (bicyclic) bond motifs is 1. The molecule has 4 aromatic rings. The average Bonchev–Trinajstić information content (AvgIpc) is 2.78. The fourth-order valence-corrected chi connectivity index (χ4v) is 3.30. The highest BCUT2D eigenvalue weighted by Crippen LogP contribution is 2.39. The molecule has 0 amide bonds. The lowest BCUT2D eigenvalue weighted by molar-refractivity contribution is -0.385. The molecule has 3 aromatic carbocycles. The Labute approximate surface area is 197 Å². The average molecular weight is 462 g/mol. The molecule has 0 atom stereocenters. The van der Waals surface area contributed by atoms with E-state index in [4.69, 9.17) is 16.2 Å². The van der Waals surface area contributed by atoms with Gasteiger partial charge in [-0.25, -0.2) is 4.98 Å². The highest BCUT2D eigenvalue weighted by Gasteiger charge is 2.21. The van der Waals surface area contributed by atoms with E-state index in [1.165, 1.54) is 30.4 Å². The van der Waals surface area contributed by atoms with Crippen LogP contribution in [-0.4, -0.2) is 27.1 Å². The summed E-state index contributed by atoms with van der Waals surface area (Å²) >= 11 is 0. The van der Waals surface area contributed by atoms with Crippen LogP contribution in [0.25, 0.3) is 22.3 Å². The second-order valence-corrected chi connectivity index (χ2v) is 8.05. The largest absolute Gasteiger partial charge is 0.500 e. The van der Waals surface area contributed by atoms with Crippen molar-refractivity contribution in [3.63, 3.8) is 0 Å². The van der Waals surface area contributed by atoms with E-state index in [9.17, 15) is 15.2 Å². The zero-order valence-electron chi connectivity index (χ0n) is 19.7. The minimum Gasteiger partial charge on any atom is -0.500 e. The van der Waals surface area contributed by atoms with E-state index in [0.29, 0.717) is 28.1 Å². The van der Waals surface area contributed by atoms with Crippen molar-refractivity contribution in [1.29, 1.82) is 0 Å². The first-order valence-corrected chi connectivity index (χ1v) is 10.4. The van der Waals surface area contributed by atoms with E-state index in [2.05, 4.69) is 9.97 Å². The quantitative estimate of drug-likeness (QED) is 0.219. The van der Waals surface area contributed by atoms with Gasteiger partial charge in [0.1, 0.15) is 0 Å². The molecule has 0 fully saturated rings. The normalized spacial score (nSPS) is 10.5. The number of nitrogens with two attached hydrogens (primary N) is 2. The molecular formula is C25H27N5O4. The summed E-state index contributed by atoms with van der Waals surface area (Å²) in [4.78, 5) is 19.4. The van der Waals surface area contributed by atoms with Gasteiger partial charge in [-0.3, -0.25) is 15.1 Å². The van der Waals surface area contributed by atoms with Crippen LogP contribution >= 0.6 is 0 Å². The standard InChI is InChI=1S/C17H15N3O4.C8H12N2/c1-9-4-12-13(5-10(9)2)19-14(8-18-12)11-6-15(20(22)23)17(21)16(7-11)24-3;1-5-3-7(9)8(10)4-6(5)2/h4-8,21H,1-3H3;3-4H,9-10H2,1-2H3. The van der Waals surface area contributed by atoms with Gasteiger partial charge in [0.25, 0.3) is 0 Å². The summed E-state index contributed by atoms with van der Waals surface area (Å²) in [5.41, 5.74) is 19.0. The number of anilines is 2. The lowest BCUT2D eigenvalue weighted by Gasteiger charge is -2.08. The molecule has 176 valence electrons. The van der Waals surface area contributed by atoms with Gasteiger partial charge in [-0.15, -0.1) is 0 Å². The van der Waals surface area contributed by atoms with Crippen LogP contribution in [-0.2, 0) is 0 Å². The summed E-state index contributed by atoms with van der Waals surface area (Å²) in [5.74, 6) is -0.493. The number of hydrogen-bond acceptors (Lipinski definition) is 8. The number of nitro benzene ring substituents is 1. The molecule has 4 rings (SSSR count). The maximum Gasteiger partial charge on any atom is 0.315 e. The Morgan fingerprint density at radius 3 is 1.94 bits per heavy atom. The fourth-order valence-electron chi connectivity index (χ4n) is 3.30. The molecule has 0 saturated heterocycles. The smallest absolute Gasteiger partial charge is 0.315 e. The number of phenolic OH excluding ortho intramolecular Hbond substituents is 1. The Hall–Kier alpha value is -4.40. The van der Waals surface area contributed by atoms with Gasteiger partial charge in [0, 0.05) is 11.6 Å². The number of aryl methyl sites for hydroxylation is 4. The molecule has 0 unspecified atom stereocenters. The first-order valence-electron chi connectivity index (χ1n) is 10.4. The number of benzene rings is 3. The van der Waals surface area contributed by atoms with Crippen molar-refractivity contribution in [2.45, 2.75) is 27.7 Å². The van der Waals surface area contributed by atoms with Gasteiger partial charge in [-0.1, -0.05) is 0 Å².